The van der Waals surface area contributed by atoms with Crippen LogP contribution in [0.4, 0.5) is 0 Å². The molecule has 0 unspecified atom stereocenters. The minimum absolute atomic E-state index is 0.522. The number of rotatable bonds is 0. The van der Waals surface area contributed by atoms with Crippen LogP contribution in [0.1, 0.15) is 66.2 Å². The second-order valence-electron chi connectivity index (χ2n) is 7.58. The van der Waals surface area contributed by atoms with E-state index in [4.69, 9.17) is 0 Å². The Hall–Kier alpha value is 0.180. The highest BCUT2D eigenvalue weighted by Crippen LogP contribution is 2.59. The Bertz CT molecular complexity index is 398. The third-order valence-corrected chi connectivity index (χ3v) is 7.38. The molecule has 100 valence electrons. The standard InChI is InChI=1S/C16H24S2/c1-15(2)7-5-11-13(9-15)18-14-10-16(3,4)8-6-12(14)17-11/h5-10H2,1-4H3. The second kappa shape index (κ2) is 4.34. The van der Waals surface area contributed by atoms with E-state index in [1.807, 2.05) is 0 Å². The zero-order valence-electron chi connectivity index (χ0n) is 12.1. The maximum absolute atomic E-state index is 2.43. The summed E-state index contributed by atoms with van der Waals surface area (Å²) >= 11 is 4.28. The van der Waals surface area contributed by atoms with Crippen molar-refractivity contribution in [2.45, 2.75) is 66.2 Å². The van der Waals surface area contributed by atoms with Crippen molar-refractivity contribution in [1.82, 2.24) is 0 Å². The van der Waals surface area contributed by atoms with Crippen LogP contribution < -0.4 is 0 Å². The van der Waals surface area contributed by atoms with Crippen LogP contribution >= 0.6 is 23.5 Å². The topological polar surface area (TPSA) is 0 Å². The van der Waals surface area contributed by atoms with Gasteiger partial charge >= 0.3 is 0 Å². The summed E-state index contributed by atoms with van der Waals surface area (Å²) in [5.41, 5.74) is 1.04. The van der Waals surface area contributed by atoms with E-state index in [0.29, 0.717) is 10.8 Å². The Kier molecular flexibility index (Phi) is 3.18. The van der Waals surface area contributed by atoms with Crippen molar-refractivity contribution in [2.24, 2.45) is 10.8 Å². The van der Waals surface area contributed by atoms with Crippen LogP contribution in [0.3, 0.4) is 0 Å². The summed E-state index contributed by atoms with van der Waals surface area (Å²) in [6.07, 6.45) is 7.98. The van der Waals surface area contributed by atoms with Gasteiger partial charge in [0.1, 0.15) is 0 Å². The first kappa shape index (κ1) is 13.2. The molecule has 0 N–H and O–H groups in total. The Morgan fingerprint density at radius 2 is 1.06 bits per heavy atom. The molecule has 0 fully saturated rings. The zero-order chi connectivity index (χ0) is 13.0. The van der Waals surface area contributed by atoms with Crippen LogP contribution in [0.15, 0.2) is 19.6 Å². The minimum Gasteiger partial charge on any atom is -0.0973 e. The molecule has 0 aromatic rings. The fourth-order valence-electron chi connectivity index (χ4n) is 3.13. The average molecular weight is 281 g/mol. The lowest BCUT2D eigenvalue weighted by Crippen LogP contribution is -2.21. The van der Waals surface area contributed by atoms with Crippen LogP contribution in [0, 0.1) is 10.8 Å². The molecule has 0 radical (unpaired) electrons. The van der Waals surface area contributed by atoms with Gasteiger partial charge in [0.25, 0.3) is 0 Å². The molecule has 0 saturated carbocycles. The highest BCUT2D eigenvalue weighted by molar-refractivity contribution is 8.13. The van der Waals surface area contributed by atoms with Gasteiger partial charge in [-0.05, 0) is 69.0 Å². The van der Waals surface area contributed by atoms with Crippen molar-refractivity contribution < 1.29 is 0 Å². The van der Waals surface area contributed by atoms with E-state index in [1.165, 1.54) is 38.5 Å². The summed E-state index contributed by atoms with van der Waals surface area (Å²) in [5.74, 6) is 0. The summed E-state index contributed by atoms with van der Waals surface area (Å²) in [6, 6.07) is 0. The SMILES string of the molecule is CC1(C)CCC2=C(C1)SC1=C(CCC(C)(C)C1)S2. The van der Waals surface area contributed by atoms with Crippen LogP contribution in [-0.4, -0.2) is 0 Å². The third kappa shape index (κ3) is 2.56. The van der Waals surface area contributed by atoms with Gasteiger partial charge in [-0.25, -0.2) is 0 Å². The Morgan fingerprint density at radius 3 is 1.50 bits per heavy atom. The van der Waals surface area contributed by atoms with Gasteiger partial charge in [0.15, 0.2) is 0 Å². The highest BCUT2D eigenvalue weighted by atomic mass is 32.2. The van der Waals surface area contributed by atoms with Gasteiger partial charge in [0, 0.05) is 0 Å². The average Bonchev–Trinajstić information content (AvgIpc) is 2.24. The fraction of sp³-hybridized carbons (Fsp3) is 0.750. The van der Waals surface area contributed by atoms with Crippen LogP contribution in [0.25, 0.3) is 0 Å². The smallest absolute Gasteiger partial charge is 0.000150 e. The summed E-state index contributed by atoms with van der Waals surface area (Å²) in [5, 5.41) is 0. The van der Waals surface area contributed by atoms with Crippen LogP contribution in [-0.2, 0) is 0 Å². The van der Waals surface area contributed by atoms with Crippen molar-refractivity contribution in [3.05, 3.63) is 19.6 Å². The van der Waals surface area contributed by atoms with E-state index in [9.17, 15) is 0 Å². The van der Waals surface area contributed by atoms with E-state index < -0.39 is 0 Å². The molecule has 0 saturated heterocycles. The first-order chi connectivity index (χ1) is 8.35. The van der Waals surface area contributed by atoms with Crippen molar-refractivity contribution in [1.29, 1.82) is 0 Å². The molecule has 3 rings (SSSR count). The predicted octanol–water partition coefficient (Wildman–Crippen LogP) is 6.31. The summed E-state index contributed by atoms with van der Waals surface area (Å²) in [7, 11) is 0. The van der Waals surface area contributed by atoms with Gasteiger partial charge in [-0.15, -0.1) is 0 Å². The molecule has 2 aliphatic carbocycles. The first-order valence-corrected chi connectivity index (χ1v) is 8.78. The lowest BCUT2D eigenvalue weighted by atomic mass is 9.80. The van der Waals surface area contributed by atoms with Gasteiger partial charge in [0.05, 0.1) is 0 Å². The van der Waals surface area contributed by atoms with Crippen LogP contribution in [0.5, 0.6) is 0 Å². The fourth-order valence-corrected chi connectivity index (χ4v) is 6.36. The molecule has 1 aliphatic heterocycles. The number of thioether (sulfide) groups is 2. The zero-order valence-corrected chi connectivity index (χ0v) is 13.7. The molecule has 0 nitrogen and oxygen atoms in total. The second-order valence-corrected chi connectivity index (χ2v) is 9.96. The highest BCUT2D eigenvalue weighted by Gasteiger charge is 2.35. The molecule has 0 aromatic carbocycles. The van der Waals surface area contributed by atoms with Gasteiger partial charge in [-0.2, -0.15) is 0 Å². The summed E-state index contributed by atoms with van der Waals surface area (Å²) < 4.78 is 0. The molecule has 1 heterocycles. The number of hydrogen-bond acceptors (Lipinski definition) is 2. The van der Waals surface area contributed by atoms with Crippen LogP contribution in [0.2, 0.25) is 0 Å². The van der Waals surface area contributed by atoms with E-state index in [2.05, 4.69) is 51.2 Å². The lowest BCUT2D eigenvalue weighted by molar-refractivity contribution is 0.322. The largest absolute Gasteiger partial charge is 0.0973 e. The molecule has 2 heteroatoms. The summed E-state index contributed by atoms with van der Waals surface area (Å²) in [4.78, 5) is 6.82. The first-order valence-electron chi connectivity index (χ1n) is 7.14. The maximum atomic E-state index is 2.43. The predicted molar refractivity (Wildman–Crippen MR) is 84.5 cm³/mol. The van der Waals surface area contributed by atoms with E-state index >= 15 is 0 Å². The van der Waals surface area contributed by atoms with E-state index in [0.717, 1.165) is 0 Å². The molecule has 0 atom stereocenters. The van der Waals surface area contributed by atoms with E-state index in [-0.39, 0.29) is 0 Å². The number of allylic oxidation sites excluding steroid dienone is 4. The molecule has 0 spiro atoms. The van der Waals surface area contributed by atoms with Crippen molar-refractivity contribution in [3.8, 4) is 0 Å². The third-order valence-electron chi connectivity index (χ3n) is 4.45. The normalized spacial score (nSPS) is 30.0. The van der Waals surface area contributed by atoms with Crippen molar-refractivity contribution in [3.63, 3.8) is 0 Å². The van der Waals surface area contributed by atoms with Gasteiger partial charge in [-0.3, -0.25) is 0 Å². The molecular weight excluding hydrogens is 256 g/mol. The maximum Gasteiger partial charge on any atom is -0.000150 e. The van der Waals surface area contributed by atoms with Gasteiger partial charge < -0.3 is 0 Å². The molecule has 3 aliphatic rings. The van der Waals surface area contributed by atoms with Gasteiger partial charge in [-0.1, -0.05) is 51.2 Å². The van der Waals surface area contributed by atoms with Gasteiger partial charge in [0.2, 0.25) is 0 Å². The van der Waals surface area contributed by atoms with E-state index in [1.54, 1.807) is 19.6 Å². The van der Waals surface area contributed by atoms with Crippen molar-refractivity contribution >= 4 is 23.5 Å². The molecular formula is C16H24S2. The molecule has 0 aromatic heterocycles. The Morgan fingerprint density at radius 1 is 0.667 bits per heavy atom. The monoisotopic (exact) mass is 280 g/mol. The molecule has 18 heavy (non-hydrogen) atoms. The Labute approximate surface area is 120 Å². The molecule has 0 amide bonds. The quantitative estimate of drug-likeness (QED) is 0.510. The molecule has 0 bridgehead atoms. The lowest BCUT2D eigenvalue weighted by Gasteiger charge is -2.40. The minimum atomic E-state index is 0.522. The number of hydrogen-bond donors (Lipinski definition) is 0. The Balaban J connectivity index is 1.82. The summed E-state index contributed by atoms with van der Waals surface area (Å²) in [6.45, 7) is 9.71. The van der Waals surface area contributed by atoms with Crippen molar-refractivity contribution in [2.75, 3.05) is 0 Å².